The van der Waals surface area contributed by atoms with E-state index in [0.29, 0.717) is 42.3 Å². The normalized spacial score (nSPS) is 14.1. The summed E-state index contributed by atoms with van der Waals surface area (Å²) in [7, 11) is 1.38. The van der Waals surface area contributed by atoms with Gasteiger partial charge in [-0.2, -0.15) is 0 Å². The van der Waals surface area contributed by atoms with Gasteiger partial charge in [-0.05, 0) is 30.2 Å². The van der Waals surface area contributed by atoms with E-state index in [-0.39, 0.29) is 10.8 Å². The molecule has 30 heavy (non-hydrogen) atoms. The predicted molar refractivity (Wildman–Crippen MR) is 114 cm³/mol. The van der Waals surface area contributed by atoms with Gasteiger partial charge in [0.1, 0.15) is 17.2 Å². The van der Waals surface area contributed by atoms with Gasteiger partial charge in [-0.3, -0.25) is 4.79 Å². The summed E-state index contributed by atoms with van der Waals surface area (Å²) in [5.41, 5.74) is 2.21. The molecule has 0 bridgehead atoms. The predicted octanol–water partition coefficient (Wildman–Crippen LogP) is 3.05. The van der Waals surface area contributed by atoms with Crippen LogP contribution in [-0.4, -0.2) is 59.9 Å². The van der Waals surface area contributed by atoms with E-state index in [0.717, 1.165) is 17.4 Å². The number of sulfone groups is 1. The number of ether oxygens (including phenoxy) is 3. The maximum atomic E-state index is 12.9. The number of carbonyl (C=O) groups excluding carboxylic acids is 1. The van der Waals surface area contributed by atoms with Crippen molar-refractivity contribution in [2.75, 3.05) is 40.7 Å². The third-order valence-corrected chi connectivity index (χ3v) is 6.15. The zero-order chi connectivity index (χ0) is 21.9. The third kappa shape index (κ3) is 4.43. The number of hydrogen-bond acceptors (Lipinski definition) is 6. The van der Waals surface area contributed by atoms with Crippen molar-refractivity contribution in [3.8, 4) is 17.2 Å². The van der Waals surface area contributed by atoms with E-state index in [2.05, 4.69) is 0 Å². The van der Waals surface area contributed by atoms with Crippen LogP contribution in [0.1, 0.15) is 22.3 Å². The molecule has 0 atom stereocenters. The molecular weight excluding hydrogens is 406 g/mol. The molecular formula is C22H25NO6S. The smallest absolute Gasteiger partial charge is 0.254 e. The Kier molecular flexibility index (Phi) is 6.36. The highest BCUT2D eigenvalue weighted by molar-refractivity contribution is 7.90. The first kappa shape index (κ1) is 21.7. The second-order valence-electron chi connectivity index (χ2n) is 6.94. The fraction of sp³-hybridized carbons (Fsp3) is 0.318. The van der Waals surface area contributed by atoms with E-state index in [9.17, 15) is 13.2 Å². The van der Waals surface area contributed by atoms with Crippen LogP contribution < -0.4 is 14.2 Å². The lowest BCUT2D eigenvalue weighted by Crippen LogP contribution is -2.34. The Morgan fingerprint density at radius 2 is 1.67 bits per heavy atom. The lowest BCUT2D eigenvalue weighted by atomic mass is 9.96. The van der Waals surface area contributed by atoms with Crippen molar-refractivity contribution in [1.82, 2.24) is 4.90 Å². The molecule has 1 aliphatic rings. The molecule has 0 saturated heterocycles. The summed E-state index contributed by atoms with van der Waals surface area (Å²) in [5.74, 6) is 1.70. The Labute approximate surface area is 176 Å². The molecule has 2 aromatic rings. The molecule has 7 nitrogen and oxygen atoms in total. The summed E-state index contributed by atoms with van der Waals surface area (Å²) < 4.78 is 39.9. The summed E-state index contributed by atoms with van der Waals surface area (Å²) in [4.78, 5) is 14.7. The average molecular weight is 432 g/mol. The molecule has 1 amide bonds. The van der Waals surface area contributed by atoms with Crippen LogP contribution >= 0.6 is 0 Å². The highest BCUT2D eigenvalue weighted by atomic mass is 32.2. The molecule has 0 saturated carbocycles. The topological polar surface area (TPSA) is 82.1 Å². The fourth-order valence-electron chi connectivity index (χ4n) is 3.45. The van der Waals surface area contributed by atoms with Gasteiger partial charge in [0.15, 0.2) is 9.84 Å². The fourth-order valence-corrected chi connectivity index (χ4v) is 4.11. The van der Waals surface area contributed by atoms with Gasteiger partial charge in [-0.1, -0.05) is 12.1 Å². The van der Waals surface area contributed by atoms with E-state index >= 15 is 0 Å². The Bertz CT molecular complexity index is 1070. The van der Waals surface area contributed by atoms with Crippen LogP contribution in [0.2, 0.25) is 0 Å². The molecule has 0 aliphatic carbocycles. The van der Waals surface area contributed by atoms with Crippen molar-refractivity contribution < 1.29 is 27.4 Å². The van der Waals surface area contributed by atoms with E-state index in [4.69, 9.17) is 14.2 Å². The van der Waals surface area contributed by atoms with Crippen molar-refractivity contribution in [2.45, 2.75) is 11.3 Å². The first-order valence-corrected chi connectivity index (χ1v) is 11.3. The average Bonchev–Trinajstić information content (AvgIpc) is 2.77. The molecule has 1 heterocycles. The molecule has 0 aromatic heterocycles. The lowest BCUT2D eigenvalue weighted by Gasteiger charge is -2.28. The molecule has 0 spiro atoms. The lowest BCUT2D eigenvalue weighted by molar-refractivity contribution is 0.0772. The molecule has 8 heteroatoms. The quantitative estimate of drug-likeness (QED) is 0.699. The van der Waals surface area contributed by atoms with Gasteiger partial charge < -0.3 is 19.1 Å². The molecule has 2 aromatic carbocycles. The zero-order valence-electron chi connectivity index (χ0n) is 17.5. The summed E-state index contributed by atoms with van der Waals surface area (Å²) in [6.07, 6.45) is 3.70. The van der Waals surface area contributed by atoms with Crippen molar-refractivity contribution in [3.63, 3.8) is 0 Å². The second kappa shape index (κ2) is 8.79. The number of rotatable bonds is 6. The Balaban J connectivity index is 1.86. The molecule has 0 N–H and O–H groups in total. The maximum Gasteiger partial charge on any atom is 0.254 e. The molecule has 160 valence electrons. The maximum absolute atomic E-state index is 12.9. The van der Waals surface area contributed by atoms with Gasteiger partial charge in [0.25, 0.3) is 5.91 Å². The highest BCUT2D eigenvalue weighted by Crippen LogP contribution is 2.40. The minimum Gasteiger partial charge on any atom is -0.496 e. The van der Waals surface area contributed by atoms with Gasteiger partial charge in [0.2, 0.25) is 0 Å². The number of methoxy groups -OCH3 is 3. The SMILES string of the molecule is COc1cc(OC)c(C2=CCN(C(=O)c3cccc(S(C)(=O)=O)c3)CC2)c(OC)c1. The molecule has 0 fully saturated rings. The molecule has 1 aliphatic heterocycles. The van der Waals surface area contributed by atoms with Crippen LogP contribution in [0.4, 0.5) is 0 Å². The minimum absolute atomic E-state index is 0.134. The number of carbonyl (C=O) groups is 1. The molecule has 0 radical (unpaired) electrons. The van der Waals surface area contributed by atoms with Gasteiger partial charge >= 0.3 is 0 Å². The molecule has 3 rings (SSSR count). The zero-order valence-corrected chi connectivity index (χ0v) is 18.3. The van der Waals surface area contributed by atoms with Crippen molar-refractivity contribution in [3.05, 3.63) is 53.6 Å². The van der Waals surface area contributed by atoms with Crippen LogP contribution in [-0.2, 0) is 9.84 Å². The van der Waals surface area contributed by atoms with Gasteiger partial charge in [-0.15, -0.1) is 0 Å². The van der Waals surface area contributed by atoms with Gasteiger partial charge in [0.05, 0.1) is 31.8 Å². The summed E-state index contributed by atoms with van der Waals surface area (Å²) >= 11 is 0. The first-order valence-electron chi connectivity index (χ1n) is 9.37. The Morgan fingerprint density at radius 1 is 1.00 bits per heavy atom. The van der Waals surface area contributed by atoms with Crippen molar-refractivity contribution >= 4 is 21.3 Å². The van der Waals surface area contributed by atoms with Crippen LogP contribution in [0.25, 0.3) is 5.57 Å². The van der Waals surface area contributed by atoms with Crippen molar-refractivity contribution in [2.24, 2.45) is 0 Å². The van der Waals surface area contributed by atoms with Crippen LogP contribution in [0.15, 0.2) is 47.4 Å². The number of amides is 1. The summed E-state index contributed by atoms with van der Waals surface area (Å²) in [5, 5.41) is 0. The highest BCUT2D eigenvalue weighted by Gasteiger charge is 2.24. The van der Waals surface area contributed by atoms with Gasteiger partial charge in [-0.25, -0.2) is 8.42 Å². The molecule has 0 unspecified atom stereocenters. The number of hydrogen-bond donors (Lipinski definition) is 0. The largest absolute Gasteiger partial charge is 0.496 e. The Hall–Kier alpha value is -3.00. The summed E-state index contributed by atoms with van der Waals surface area (Å²) in [6.45, 7) is 0.891. The summed E-state index contributed by atoms with van der Waals surface area (Å²) in [6, 6.07) is 9.72. The standard InChI is InChI=1S/C22H25NO6S/c1-27-17-13-19(28-2)21(20(14-17)29-3)15-8-10-23(11-9-15)22(24)16-6-5-7-18(12-16)30(4,25)26/h5-8,12-14H,9-11H2,1-4H3. The van der Waals surface area contributed by atoms with E-state index in [1.54, 1.807) is 50.5 Å². The monoisotopic (exact) mass is 431 g/mol. The second-order valence-corrected chi connectivity index (χ2v) is 8.95. The van der Waals surface area contributed by atoms with E-state index in [1.807, 2.05) is 6.08 Å². The van der Waals surface area contributed by atoms with Gasteiger partial charge in [0, 0.05) is 37.0 Å². The third-order valence-electron chi connectivity index (χ3n) is 5.04. The van der Waals surface area contributed by atoms with Crippen LogP contribution in [0.5, 0.6) is 17.2 Å². The first-order chi connectivity index (χ1) is 14.3. The van der Waals surface area contributed by atoms with Crippen LogP contribution in [0.3, 0.4) is 0 Å². The minimum atomic E-state index is -3.38. The van der Waals surface area contributed by atoms with E-state index < -0.39 is 9.84 Å². The number of benzene rings is 2. The Morgan fingerprint density at radius 3 is 2.17 bits per heavy atom. The van der Waals surface area contributed by atoms with E-state index in [1.165, 1.54) is 12.1 Å². The van der Waals surface area contributed by atoms with Crippen molar-refractivity contribution in [1.29, 1.82) is 0 Å². The van der Waals surface area contributed by atoms with Crippen LogP contribution in [0, 0.1) is 0 Å². The number of nitrogens with zero attached hydrogens (tertiary/aromatic N) is 1.